The van der Waals surface area contributed by atoms with Crippen molar-refractivity contribution in [1.29, 1.82) is 0 Å². The molecule has 1 heterocycles. The van der Waals surface area contributed by atoms with Crippen molar-refractivity contribution < 1.29 is 4.92 Å². The van der Waals surface area contributed by atoms with Crippen LogP contribution in [0.5, 0.6) is 0 Å². The zero-order valence-corrected chi connectivity index (χ0v) is 9.66. The lowest BCUT2D eigenvalue weighted by Gasteiger charge is -2.03. The second-order valence-corrected chi connectivity index (χ2v) is 3.98. The minimum atomic E-state index is -0.427. The maximum Gasteiger partial charge on any atom is 0.270 e. The fraction of sp³-hybridized carbons (Fsp3) is 0.111. The molecule has 2 rings (SSSR count). The van der Waals surface area contributed by atoms with E-state index in [1.54, 1.807) is 17.1 Å². The van der Waals surface area contributed by atoms with Crippen molar-refractivity contribution in [2.75, 3.05) is 0 Å². The SMILES string of the molecule is O=[N+]([O-])c1ccc(Cn2cncn2)c(Br)c1. The number of nitro groups is 1. The molecule has 0 spiro atoms. The van der Waals surface area contributed by atoms with Crippen molar-refractivity contribution in [3.63, 3.8) is 0 Å². The van der Waals surface area contributed by atoms with E-state index in [1.807, 2.05) is 0 Å². The second kappa shape index (κ2) is 4.40. The van der Waals surface area contributed by atoms with Crippen LogP contribution in [0.4, 0.5) is 5.69 Å². The van der Waals surface area contributed by atoms with Crippen LogP contribution < -0.4 is 0 Å². The topological polar surface area (TPSA) is 73.8 Å². The van der Waals surface area contributed by atoms with Crippen molar-refractivity contribution >= 4 is 21.6 Å². The molecule has 0 saturated carbocycles. The standard InChI is InChI=1S/C9H7BrN4O2/c10-9-3-8(14(15)16)2-1-7(9)4-13-6-11-5-12-13/h1-3,5-6H,4H2. The Kier molecular flexibility index (Phi) is 2.95. The van der Waals surface area contributed by atoms with Gasteiger partial charge in [-0.2, -0.15) is 5.10 Å². The van der Waals surface area contributed by atoms with E-state index >= 15 is 0 Å². The molecule has 6 nitrogen and oxygen atoms in total. The normalized spacial score (nSPS) is 10.3. The molecular formula is C9H7BrN4O2. The minimum absolute atomic E-state index is 0.0641. The van der Waals surface area contributed by atoms with Crippen LogP contribution in [-0.2, 0) is 6.54 Å². The van der Waals surface area contributed by atoms with Gasteiger partial charge in [0.05, 0.1) is 11.5 Å². The summed E-state index contributed by atoms with van der Waals surface area (Å²) < 4.78 is 2.34. The summed E-state index contributed by atoms with van der Waals surface area (Å²) in [5.41, 5.74) is 0.977. The number of aromatic nitrogens is 3. The summed E-state index contributed by atoms with van der Waals surface area (Å²) in [5.74, 6) is 0. The van der Waals surface area contributed by atoms with E-state index in [0.29, 0.717) is 11.0 Å². The predicted octanol–water partition coefficient (Wildman–Crippen LogP) is 2.00. The van der Waals surface area contributed by atoms with Crippen molar-refractivity contribution in [3.8, 4) is 0 Å². The van der Waals surface area contributed by atoms with Gasteiger partial charge in [-0.1, -0.05) is 15.9 Å². The average molecular weight is 283 g/mol. The lowest BCUT2D eigenvalue weighted by molar-refractivity contribution is -0.384. The van der Waals surface area contributed by atoms with E-state index < -0.39 is 4.92 Å². The Morgan fingerprint density at radius 1 is 1.50 bits per heavy atom. The van der Waals surface area contributed by atoms with Crippen molar-refractivity contribution in [2.24, 2.45) is 0 Å². The monoisotopic (exact) mass is 282 g/mol. The molecule has 0 amide bonds. The van der Waals surface area contributed by atoms with Crippen molar-refractivity contribution in [1.82, 2.24) is 14.8 Å². The van der Waals surface area contributed by atoms with Gasteiger partial charge in [-0.3, -0.25) is 10.1 Å². The quantitative estimate of drug-likeness (QED) is 0.637. The van der Waals surface area contributed by atoms with Crippen molar-refractivity contribution in [3.05, 3.63) is 51.0 Å². The number of hydrogen-bond acceptors (Lipinski definition) is 4. The minimum Gasteiger partial charge on any atom is -0.258 e. The summed E-state index contributed by atoms with van der Waals surface area (Å²) in [6.07, 6.45) is 3.03. The molecular weight excluding hydrogens is 276 g/mol. The summed E-state index contributed by atoms with van der Waals surface area (Å²) in [4.78, 5) is 13.9. The molecule has 0 saturated heterocycles. The van der Waals surface area contributed by atoms with Crippen LogP contribution in [0.25, 0.3) is 0 Å². The highest BCUT2D eigenvalue weighted by Crippen LogP contribution is 2.23. The molecule has 0 aliphatic rings. The number of benzene rings is 1. The third kappa shape index (κ3) is 2.25. The van der Waals surface area contributed by atoms with Crippen LogP contribution >= 0.6 is 15.9 Å². The van der Waals surface area contributed by atoms with Crippen LogP contribution in [0.3, 0.4) is 0 Å². The van der Waals surface area contributed by atoms with Crippen molar-refractivity contribution in [2.45, 2.75) is 6.54 Å². The first kappa shape index (κ1) is 10.7. The Morgan fingerprint density at radius 2 is 2.31 bits per heavy atom. The number of rotatable bonds is 3. The molecule has 82 valence electrons. The zero-order chi connectivity index (χ0) is 11.5. The summed E-state index contributed by atoms with van der Waals surface area (Å²) in [5, 5.41) is 14.5. The Balaban J connectivity index is 2.26. The first-order valence-corrected chi connectivity index (χ1v) is 5.21. The van der Waals surface area contributed by atoms with Crippen LogP contribution in [0.1, 0.15) is 5.56 Å². The molecule has 0 N–H and O–H groups in total. The maximum atomic E-state index is 10.5. The highest BCUT2D eigenvalue weighted by atomic mass is 79.9. The number of halogens is 1. The lowest BCUT2D eigenvalue weighted by atomic mass is 10.2. The Morgan fingerprint density at radius 3 is 2.88 bits per heavy atom. The molecule has 16 heavy (non-hydrogen) atoms. The van der Waals surface area contributed by atoms with Crippen LogP contribution in [0, 0.1) is 10.1 Å². The summed E-state index contributed by atoms with van der Waals surface area (Å²) in [7, 11) is 0. The molecule has 0 fully saturated rings. The van der Waals surface area contributed by atoms with Crippen LogP contribution in [0.2, 0.25) is 0 Å². The molecule has 1 aromatic heterocycles. The number of nitrogens with zero attached hydrogens (tertiary/aromatic N) is 4. The fourth-order valence-electron chi connectivity index (χ4n) is 1.27. The number of hydrogen-bond donors (Lipinski definition) is 0. The lowest BCUT2D eigenvalue weighted by Crippen LogP contribution is -2.01. The van der Waals surface area contributed by atoms with Gasteiger partial charge >= 0.3 is 0 Å². The molecule has 0 radical (unpaired) electrons. The second-order valence-electron chi connectivity index (χ2n) is 3.13. The molecule has 7 heteroatoms. The Labute approximate surface area is 99.2 Å². The molecule has 0 aliphatic carbocycles. The van der Waals surface area contributed by atoms with E-state index in [1.165, 1.54) is 18.5 Å². The van der Waals surface area contributed by atoms with Gasteiger partial charge in [0.15, 0.2) is 0 Å². The van der Waals surface area contributed by atoms with E-state index in [9.17, 15) is 10.1 Å². The first-order valence-electron chi connectivity index (χ1n) is 4.42. The van der Waals surface area contributed by atoms with Crippen LogP contribution in [0.15, 0.2) is 35.3 Å². The fourth-order valence-corrected chi connectivity index (χ4v) is 1.76. The third-order valence-electron chi connectivity index (χ3n) is 2.05. The molecule has 1 aromatic carbocycles. The van der Waals surface area contributed by atoms with Gasteiger partial charge < -0.3 is 0 Å². The van der Waals surface area contributed by atoms with Gasteiger partial charge in [0.2, 0.25) is 0 Å². The van der Waals surface area contributed by atoms with Gasteiger partial charge in [0.25, 0.3) is 5.69 Å². The third-order valence-corrected chi connectivity index (χ3v) is 2.78. The maximum absolute atomic E-state index is 10.5. The average Bonchev–Trinajstić information content (AvgIpc) is 2.73. The van der Waals surface area contributed by atoms with E-state index in [-0.39, 0.29) is 5.69 Å². The summed E-state index contributed by atoms with van der Waals surface area (Å²) >= 11 is 3.30. The number of non-ortho nitro benzene ring substituents is 1. The highest BCUT2D eigenvalue weighted by Gasteiger charge is 2.09. The smallest absolute Gasteiger partial charge is 0.258 e. The Bertz CT molecular complexity index is 512. The van der Waals surface area contributed by atoms with Crippen LogP contribution in [-0.4, -0.2) is 19.7 Å². The van der Waals surface area contributed by atoms with E-state index in [0.717, 1.165) is 5.56 Å². The molecule has 2 aromatic rings. The zero-order valence-electron chi connectivity index (χ0n) is 8.08. The number of nitro benzene ring substituents is 1. The molecule has 0 atom stereocenters. The summed E-state index contributed by atoms with van der Waals surface area (Å²) in [6.45, 7) is 0.526. The van der Waals surface area contributed by atoms with Gasteiger partial charge in [-0.15, -0.1) is 0 Å². The van der Waals surface area contributed by atoms with Gasteiger partial charge in [-0.05, 0) is 11.6 Å². The van der Waals surface area contributed by atoms with E-state index in [2.05, 4.69) is 26.0 Å². The van der Waals surface area contributed by atoms with Gasteiger partial charge in [0.1, 0.15) is 12.7 Å². The van der Waals surface area contributed by atoms with Gasteiger partial charge in [0, 0.05) is 16.6 Å². The van der Waals surface area contributed by atoms with E-state index in [4.69, 9.17) is 0 Å². The molecule has 0 bridgehead atoms. The molecule has 0 aliphatic heterocycles. The molecule has 0 unspecified atom stereocenters. The van der Waals surface area contributed by atoms with Gasteiger partial charge in [-0.25, -0.2) is 9.67 Å². The largest absolute Gasteiger partial charge is 0.270 e. The first-order chi connectivity index (χ1) is 7.66. The predicted molar refractivity (Wildman–Crippen MR) is 59.9 cm³/mol. The highest BCUT2D eigenvalue weighted by molar-refractivity contribution is 9.10. The Hall–Kier alpha value is -1.76. The summed E-state index contributed by atoms with van der Waals surface area (Å²) in [6, 6.07) is 4.65.